The average molecular weight is 381 g/mol. The number of rotatable bonds is 6. The van der Waals surface area contributed by atoms with E-state index in [0.717, 1.165) is 68.6 Å². The number of hydrogen-bond donors (Lipinski definition) is 2. The molecule has 1 saturated carbocycles. The Morgan fingerprint density at radius 3 is 2.96 bits per heavy atom. The lowest BCUT2D eigenvalue weighted by Gasteiger charge is -2.30. The van der Waals surface area contributed by atoms with Gasteiger partial charge >= 0.3 is 0 Å². The van der Waals surface area contributed by atoms with Crippen LogP contribution in [0.2, 0.25) is 0 Å². The van der Waals surface area contributed by atoms with E-state index in [9.17, 15) is 4.21 Å². The van der Waals surface area contributed by atoms with Gasteiger partial charge in [-0.2, -0.15) is 0 Å². The summed E-state index contributed by atoms with van der Waals surface area (Å²) in [6, 6.07) is 0.342. The Bertz CT molecular complexity index is 644. The molecule has 1 aliphatic heterocycles. The van der Waals surface area contributed by atoms with Crippen molar-refractivity contribution in [2.75, 3.05) is 12.3 Å². The summed E-state index contributed by atoms with van der Waals surface area (Å²) in [7, 11) is -0.704. The van der Waals surface area contributed by atoms with Gasteiger partial charge in [0.1, 0.15) is 12.4 Å². The van der Waals surface area contributed by atoms with Gasteiger partial charge in [-0.15, -0.1) is 10.2 Å². The van der Waals surface area contributed by atoms with Crippen molar-refractivity contribution >= 4 is 16.8 Å². The van der Waals surface area contributed by atoms with Crippen LogP contribution in [-0.2, 0) is 30.3 Å². The van der Waals surface area contributed by atoms with E-state index in [1.54, 1.807) is 0 Å². The van der Waals surface area contributed by atoms with Gasteiger partial charge in [-0.1, -0.05) is 13.3 Å². The molecule has 1 aromatic rings. The fourth-order valence-corrected chi connectivity index (χ4v) is 5.25. The summed E-state index contributed by atoms with van der Waals surface area (Å²) in [5.74, 6) is 3.62. The molecule has 2 aliphatic rings. The van der Waals surface area contributed by atoms with Crippen molar-refractivity contribution in [2.45, 2.75) is 83.2 Å². The maximum Gasteiger partial charge on any atom is 0.191 e. The van der Waals surface area contributed by atoms with Gasteiger partial charge in [0, 0.05) is 47.4 Å². The van der Waals surface area contributed by atoms with E-state index in [-0.39, 0.29) is 0 Å². The number of aliphatic imine (C=N–C) groups is 1. The van der Waals surface area contributed by atoms with Crippen LogP contribution in [0.5, 0.6) is 0 Å². The molecule has 2 heterocycles. The zero-order valence-corrected chi connectivity index (χ0v) is 16.9. The first-order valence-electron chi connectivity index (χ1n) is 10.0. The summed E-state index contributed by atoms with van der Waals surface area (Å²) in [6.07, 6.45) is 7.70. The van der Waals surface area contributed by atoms with Gasteiger partial charge < -0.3 is 15.2 Å². The Hall–Kier alpha value is -1.44. The number of nitrogens with zero attached hydrogens (tertiary/aromatic N) is 4. The van der Waals surface area contributed by atoms with E-state index >= 15 is 0 Å². The van der Waals surface area contributed by atoms with Crippen molar-refractivity contribution in [2.24, 2.45) is 4.99 Å². The smallest absolute Gasteiger partial charge is 0.191 e. The summed E-state index contributed by atoms with van der Waals surface area (Å²) in [4.78, 5) is 4.74. The highest BCUT2D eigenvalue weighted by atomic mass is 32.2. The van der Waals surface area contributed by atoms with Gasteiger partial charge in [-0.05, 0) is 39.0 Å². The molecule has 3 unspecified atom stereocenters. The predicted octanol–water partition coefficient (Wildman–Crippen LogP) is 1.75. The normalized spacial score (nSPS) is 24.8. The highest BCUT2D eigenvalue weighted by molar-refractivity contribution is 7.85. The number of nitrogens with one attached hydrogen (secondary N) is 2. The number of guanidine groups is 1. The maximum absolute atomic E-state index is 12.2. The molecule has 1 aromatic heterocycles. The Labute approximate surface area is 158 Å². The Kier molecular flexibility index (Phi) is 7.05. The van der Waals surface area contributed by atoms with Crippen molar-refractivity contribution in [1.82, 2.24) is 25.4 Å². The van der Waals surface area contributed by atoms with Crippen LogP contribution in [0.15, 0.2) is 4.99 Å². The number of fused-ring (bicyclic) bond motifs is 1. The molecule has 0 bridgehead atoms. The SMILES string of the molecule is CCNC(=NCc1nnc2n1CCCC2)NC1CCCC(S(=O)CC)C1. The minimum absolute atomic E-state index is 0.317. The molecule has 1 aliphatic carbocycles. The van der Waals surface area contributed by atoms with Crippen molar-refractivity contribution in [1.29, 1.82) is 0 Å². The van der Waals surface area contributed by atoms with Gasteiger partial charge in [0.15, 0.2) is 11.8 Å². The van der Waals surface area contributed by atoms with Crippen LogP contribution in [0.3, 0.4) is 0 Å². The lowest BCUT2D eigenvalue weighted by molar-refractivity contribution is 0.413. The van der Waals surface area contributed by atoms with Crippen molar-refractivity contribution in [3.63, 3.8) is 0 Å². The Morgan fingerprint density at radius 1 is 1.27 bits per heavy atom. The minimum Gasteiger partial charge on any atom is -0.357 e. The van der Waals surface area contributed by atoms with E-state index in [4.69, 9.17) is 4.99 Å². The van der Waals surface area contributed by atoms with Gasteiger partial charge in [-0.25, -0.2) is 4.99 Å². The van der Waals surface area contributed by atoms with Crippen LogP contribution in [0.1, 0.15) is 64.0 Å². The molecule has 0 saturated heterocycles. The lowest BCUT2D eigenvalue weighted by atomic mass is 9.95. The molecule has 0 aromatic carbocycles. The molecule has 3 rings (SSSR count). The number of aromatic nitrogens is 3. The molecule has 1 fully saturated rings. The highest BCUT2D eigenvalue weighted by Crippen LogP contribution is 2.23. The standard InChI is InChI=1S/C18H32N6OS/c1-3-19-18(21-14-8-7-9-15(12-14)26(25)4-2)20-13-17-23-22-16-10-5-6-11-24(16)17/h14-15H,3-13H2,1-2H3,(H2,19,20,21). The summed E-state index contributed by atoms with van der Waals surface area (Å²) < 4.78 is 14.4. The third kappa shape index (κ3) is 4.84. The molecule has 0 amide bonds. The largest absolute Gasteiger partial charge is 0.357 e. The number of hydrogen-bond acceptors (Lipinski definition) is 4. The molecular weight excluding hydrogens is 348 g/mol. The van der Waals surface area contributed by atoms with Crippen LogP contribution in [0, 0.1) is 0 Å². The molecule has 3 atom stereocenters. The first-order chi connectivity index (χ1) is 12.7. The quantitative estimate of drug-likeness (QED) is 0.580. The topological polar surface area (TPSA) is 84.2 Å². The van der Waals surface area contributed by atoms with Crippen LogP contribution in [0.4, 0.5) is 0 Å². The zero-order chi connectivity index (χ0) is 18.4. The summed E-state index contributed by atoms with van der Waals surface area (Å²) in [6.45, 7) is 6.45. The average Bonchev–Trinajstić information content (AvgIpc) is 3.09. The van der Waals surface area contributed by atoms with Gasteiger partial charge in [0.2, 0.25) is 0 Å². The second kappa shape index (κ2) is 9.48. The summed E-state index contributed by atoms with van der Waals surface area (Å²) in [5, 5.41) is 15.8. The fraction of sp³-hybridized carbons (Fsp3) is 0.833. The molecule has 0 spiro atoms. The second-order valence-corrected chi connectivity index (χ2v) is 9.14. The van der Waals surface area contributed by atoms with Crippen LogP contribution in [0.25, 0.3) is 0 Å². The Balaban J connectivity index is 1.62. The molecule has 26 heavy (non-hydrogen) atoms. The lowest BCUT2D eigenvalue weighted by Crippen LogP contribution is -2.46. The summed E-state index contributed by atoms with van der Waals surface area (Å²) in [5.41, 5.74) is 0. The molecule has 7 nitrogen and oxygen atoms in total. The molecule has 2 N–H and O–H groups in total. The second-order valence-electron chi connectivity index (χ2n) is 7.14. The summed E-state index contributed by atoms with van der Waals surface area (Å²) >= 11 is 0. The van der Waals surface area contributed by atoms with Gasteiger partial charge in [-0.3, -0.25) is 4.21 Å². The van der Waals surface area contributed by atoms with E-state index in [0.29, 0.717) is 17.8 Å². The van der Waals surface area contributed by atoms with Crippen molar-refractivity contribution in [3.05, 3.63) is 11.6 Å². The van der Waals surface area contributed by atoms with Crippen molar-refractivity contribution < 1.29 is 4.21 Å². The van der Waals surface area contributed by atoms with E-state index < -0.39 is 10.8 Å². The fourth-order valence-electron chi connectivity index (χ4n) is 3.90. The predicted molar refractivity (Wildman–Crippen MR) is 106 cm³/mol. The van der Waals surface area contributed by atoms with E-state index in [1.165, 1.54) is 12.8 Å². The monoisotopic (exact) mass is 380 g/mol. The highest BCUT2D eigenvalue weighted by Gasteiger charge is 2.26. The van der Waals surface area contributed by atoms with Crippen LogP contribution < -0.4 is 10.6 Å². The third-order valence-electron chi connectivity index (χ3n) is 5.28. The third-order valence-corrected chi connectivity index (χ3v) is 7.02. The first kappa shape index (κ1) is 19.3. The number of aryl methyl sites for hydroxylation is 1. The van der Waals surface area contributed by atoms with E-state index in [1.807, 2.05) is 6.92 Å². The first-order valence-corrected chi connectivity index (χ1v) is 11.4. The molecule has 0 radical (unpaired) electrons. The minimum atomic E-state index is -0.704. The molecular formula is C18H32N6OS. The van der Waals surface area contributed by atoms with Gasteiger partial charge in [0.05, 0.1) is 0 Å². The Morgan fingerprint density at radius 2 is 2.15 bits per heavy atom. The molecule has 146 valence electrons. The van der Waals surface area contributed by atoms with Crippen LogP contribution in [-0.4, -0.2) is 48.5 Å². The van der Waals surface area contributed by atoms with Gasteiger partial charge in [0.25, 0.3) is 0 Å². The zero-order valence-electron chi connectivity index (χ0n) is 16.0. The maximum atomic E-state index is 12.2. The molecule has 8 heteroatoms. The van der Waals surface area contributed by atoms with E-state index in [2.05, 4.69) is 32.3 Å². The van der Waals surface area contributed by atoms with Crippen molar-refractivity contribution in [3.8, 4) is 0 Å². The van der Waals surface area contributed by atoms with Crippen LogP contribution >= 0.6 is 0 Å².